The molecule has 0 spiro atoms. The Morgan fingerprint density at radius 2 is 2.05 bits per heavy atom. The van der Waals surface area contributed by atoms with Gasteiger partial charge in [0.2, 0.25) is 0 Å². The van der Waals surface area contributed by atoms with Crippen molar-refractivity contribution < 1.29 is 17.2 Å². The minimum absolute atomic E-state index is 0.0427. The molecule has 2 aromatic rings. The van der Waals surface area contributed by atoms with E-state index in [0.29, 0.717) is 5.76 Å². The van der Waals surface area contributed by atoms with Gasteiger partial charge in [-0.2, -0.15) is 0 Å². The van der Waals surface area contributed by atoms with E-state index in [2.05, 4.69) is 15.9 Å². The van der Waals surface area contributed by atoms with Gasteiger partial charge in [0.25, 0.3) is 10.0 Å². The summed E-state index contributed by atoms with van der Waals surface area (Å²) in [4.78, 5) is -0.0938. The van der Waals surface area contributed by atoms with E-state index < -0.39 is 15.8 Å². The second kappa shape index (κ2) is 5.55. The lowest BCUT2D eigenvalue weighted by atomic mass is 10.3. The fraction of sp³-hybridized carbons (Fsp3) is 0.167. The lowest BCUT2D eigenvalue weighted by Gasteiger charge is -2.19. The molecule has 20 heavy (non-hydrogen) atoms. The van der Waals surface area contributed by atoms with E-state index in [1.807, 2.05) is 0 Å². The molecule has 108 valence electrons. The normalized spacial score (nSPS) is 11.6. The average Bonchev–Trinajstić information content (AvgIpc) is 2.80. The molecule has 0 atom stereocenters. The van der Waals surface area contributed by atoms with E-state index in [4.69, 9.17) is 10.2 Å². The molecular weight excluding hydrogens is 351 g/mol. The van der Waals surface area contributed by atoms with Crippen LogP contribution in [-0.2, 0) is 16.6 Å². The van der Waals surface area contributed by atoms with Gasteiger partial charge in [0.1, 0.15) is 16.5 Å². The summed E-state index contributed by atoms with van der Waals surface area (Å²) in [7, 11) is -2.66. The summed E-state index contributed by atoms with van der Waals surface area (Å²) in [6, 6.07) is 6.93. The van der Waals surface area contributed by atoms with Gasteiger partial charge in [0.15, 0.2) is 4.67 Å². The van der Waals surface area contributed by atoms with Crippen molar-refractivity contribution in [3.05, 3.63) is 46.6 Å². The standard InChI is InChI=1S/C12H12BrFN2O3S/c1-16(10-5-3-2-4-9(10)14)20(17,18)11-6-8(7-15)19-12(11)13/h2-6H,7,15H2,1H3. The summed E-state index contributed by atoms with van der Waals surface area (Å²) in [5.41, 5.74) is 5.36. The van der Waals surface area contributed by atoms with Crippen LogP contribution in [0.5, 0.6) is 0 Å². The first-order chi connectivity index (χ1) is 9.37. The Morgan fingerprint density at radius 1 is 1.40 bits per heavy atom. The molecule has 0 fully saturated rings. The zero-order valence-electron chi connectivity index (χ0n) is 10.5. The molecule has 0 aliphatic rings. The number of nitrogens with zero attached hydrogens (tertiary/aromatic N) is 1. The molecule has 5 nitrogen and oxygen atoms in total. The van der Waals surface area contributed by atoms with Crippen molar-refractivity contribution >= 4 is 31.6 Å². The number of hydrogen-bond acceptors (Lipinski definition) is 4. The maximum Gasteiger partial charge on any atom is 0.268 e. The number of anilines is 1. The summed E-state index contributed by atoms with van der Waals surface area (Å²) < 4.78 is 44.7. The van der Waals surface area contributed by atoms with Crippen molar-refractivity contribution in [2.45, 2.75) is 11.4 Å². The Balaban J connectivity index is 2.49. The molecule has 0 radical (unpaired) electrons. The van der Waals surface area contributed by atoms with Crippen molar-refractivity contribution in [2.24, 2.45) is 5.73 Å². The fourth-order valence-electron chi connectivity index (χ4n) is 1.66. The minimum Gasteiger partial charge on any atom is -0.452 e. The third-order valence-electron chi connectivity index (χ3n) is 2.74. The monoisotopic (exact) mass is 362 g/mol. The van der Waals surface area contributed by atoms with E-state index in [1.165, 1.54) is 31.3 Å². The molecule has 0 amide bonds. The maximum absolute atomic E-state index is 13.7. The van der Waals surface area contributed by atoms with Crippen molar-refractivity contribution in [2.75, 3.05) is 11.4 Å². The van der Waals surface area contributed by atoms with Crippen molar-refractivity contribution in [1.82, 2.24) is 0 Å². The highest BCUT2D eigenvalue weighted by molar-refractivity contribution is 9.10. The number of furan rings is 1. The largest absolute Gasteiger partial charge is 0.452 e. The summed E-state index contributed by atoms with van der Waals surface area (Å²) >= 11 is 3.03. The van der Waals surface area contributed by atoms with Crippen LogP contribution in [0.25, 0.3) is 0 Å². The van der Waals surface area contributed by atoms with E-state index in [1.54, 1.807) is 6.07 Å². The number of halogens is 2. The Kier molecular flexibility index (Phi) is 4.17. The zero-order chi connectivity index (χ0) is 14.9. The van der Waals surface area contributed by atoms with Gasteiger partial charge in [0, 0.05) is 13.1 Å². The third kappa shape index (κ3) is 2.58. The molecule has 8 heteroatoms. The molecule has 1 heterocycles. The molecular formula is C12H12BrFN2O3S. The second-order valence-corrected chi connectivity index (χ2v) is 6.64. The van der Waals surface area contributed by atoms with Crippen LogP contribution in [0.3, 0.4) is 0 Å². The lowest BCUT2D eigenvalue weighted by molar-refractivity contribution is 0.484. The number of hydrogen-bond donors (Lipinski definition) is 1. The molecule has 1 aromatic carbocycles. The van der Waals surface area contributed by atoms with Gasteiger partial charge < -0.3 is 10.2 Å². The van der Waals surface area contributed by atoms with Gasteiger partial charge in [-0.1, -0.05) is 12.1 Å². The smallest absolute Gasteiger partial charge is 0.268 e. The zero-order valence-corrected chi connectivity index (χ0v) is 12.9. The van der Waals surface area contributed by atoms with Crippen LogP contribution < -0.4 is 10.0 Å². The number of sulfonamides is 1. The van der Waals surface area contributed by atoms with Crippen molar-refractivity contribution in [3.63, 3.8) is 0 Å². The lowest BCUT2D eigenvalue weighted by Crippen LogP contribution is -2.27. The van der Waals surface area contributed by atoms with Crippen molar-refractivity contribution in [3.8, 4) is 0 Å². The summed E-state index contributed by atoms with van der Waals surface area (Å²) in [5.74, 6) is -0.311. The SMILES string of the molecule is CN(c1ccccc1F)S(=O)(=O)c1cc(CN)oc1Br. The van der Waals surface area contributed by atoms with Crippen LogP contribution in [0.15, 0.2) is 44.3 Å². The number of para-hydroxylation sites is 1. The Hall–Kier alpha value is -1.38. The summed E-state index contributed by atoms with van der Waals surface area (Å²) in [6.45, 7) is 0.0670. The first kappa shape index (κ1) is 15.0. The molecule has 1 aromatic heterocycles. The van der Waals surface area contributed by atoms with Gasteiger partial charge in [0.05, 0.1) is 12.2 Å². The fourth-order valence-corrected chi connectivity index (χ4v) is 3.82. The van der Waals surface area contributed by atoms with Gasteiger partial charge in [-0.3, -0.25) is 4.31 Å². The van der Waals surface area contributed by atoms with E-state index >= 15 is 0 Å². The topological polar surface area (TPSA) is 76.5 Å². The van der Waals surface area contributed by atoms with E-state index in [0.717, 1.165) is 4.31 Å². The van der Waals surface area contributed by atoms with Gasteiger partial charge >= 0.3 is 0 Å². The third-order valence-corrected chi connectivity index (χ3v) is 5.37. The van der Waals surface area contributed by atoms with Crippen LogP contribution >= 0.6 is 15.9 Å². The number of nitrogens with two attached hydrogens (primary N) is 1. The van der Waals surface area contributed by atoms with Crippen LogP contribution in [0.2, 0.25) is 0 Å². The first-order valence-corrected chi connectivity index (χ1v) is 7.83. The van der Waals surface area contributed by atoms with Crippen LogP contribution in [0.4, 0.5) is 10.1 Å². The molecule has 0 aliphatic heterocycles. The molecule has 2 N–H and O–H groups in total. The highest BCUT2D eigenvalue weighted by Crippen LogP contribution is 2.31. The Morgan fingerprint density at radius 3 is 2.60 bits per heavy atom. The quantitative estimate of drug-likeness (QED) is 0.906. The summed E-state index contributed by atoms with van der Waals surface area (Å²) in [5, 5.41) is 0. The highest BCUT2D eigenvalue weighted by atomic mass is 79.9. The Labute approximate surface area is 124 Å². The number of rotatable bonds is 4. The predicted molar refractivity (Wildman–Crippen MR) is 76.3 cm³/mol. The van der Waals surface area contributed by atoms with E-state index in [9.17, 15) is 12.8 Å². The second-order valence-electron chi connectivity index (χ2n) is 3.98. The molecule has 0 saturated heterocycles. The average molecular weight is 363 g/mol. The van der Waals surface area contributed by atoms with Gasteiger partial charge in [-0.25, -0.2) is 12.8 Å². The summed E-state index contributed by atoms with van der Waals surface area (Å²) in [6.07, 6.45) is 0. The van der Waals surface area contributed by atoms with E-state index in [-0.39, 0.29) is 21.8 Å². The van der Waals surface area contributed by atoms with Crippen LogP contribution in [-0.4, -0.2) is 15.5 Å². The van der Waals surface area contributed by atoms with Crippen LogP contribution in [0.1, 0.15) is 5.76 Å². The Bertz CT molecular complexity index is 730. The molecule has 0 bridgehead atoms. The minimum atomic E-state index is -3.94. The van der Waals surface area contributed by atoms with Gasteiger partial charge in [-0.05, 0) is 28.1 Å². The number of benzene rings is 1. The first-order valence-electron chi connectivity index (χ1n) is 5.59. The van der Waals surface area contributed by atoms with Crippen molar-refractivity contribution in [1.29, 1.82) is 0 Å². The molecule has 0 saturated carbocycles. The molecule has 0 aliphatic carbocycles. The maximum atomic E-state index is 13.7. The highest BCUT2D eigenvalue weighted by Gasteiger charge is 2.28. The predicted octanol–water partition coefficient (Wildman–Crippen LogP) is 2.46. The molecule has 0 unspecified atom stereocenters. The van der Waals surface area contributed by atoms with Gasteiger partial charge in [-0.15, -0.1) is 0 Å². The molecule has 2 rings (SSSR count). The van der Waals surface area contributed by atoms with Crippen LogP contribution in [0, 0.1) is 5.82 Å².